The molecule has 0 unspecified atom stereocenters. The largest absolute Gasteiger partial charge is 0.460 e. The van der Waals surface area contributed by atoms with E-state index in [1.807, 2.05) is 0 Å². The molecule has 0 amide bonds. The van der Waals surface area contributed by atoms with Gasteiger partial charge >= 0.3 is 5.97 Å². The number of ether oxygens (including phenoxy) is 1. The van der Waals surface area contributed by atoms with Crippen molar-refractivity contribution in [2.75, 3.05) is 6.54 Å². The zero-order valence-electron chi connectivity index (χ0n) is 14.1. The van der Waals surface area contributed by atoms with Crippen molar-refractivity contribution >= 4 is 27.6 Å². The van der Waals surface area contributed by atoms with Crippen LogP contribution in [0.1, 0.15) is 12.0 Å². The molecule has 1 fully saturated rings. The van der Waals surface area contributed by atoms with Crippen LogP contribution in [0, 0.1) is 5.82 Å². The summed E-state index contributed by atoms with van der Waals surface area (Å²) in [6, 6.07) is 9.91. The molecule has 144 valence electrons. The third-order valence-electron chi connectivity index (χ3n) is 4.20. The Balaban J connectivity index is 1.77. The van der Waals surface area contributed by atoms with E-state index >= 15 is 0 Å². The smallest absolute Gasteiger partial charge is 0.324 e. The molecule has 0 aromatic heterocycles. The Hall–Kier alpha value is -2.00. The van der Waals surface area contributed by atoms with Gasteiger partial charge in [-0.05, 0) is 42.0 Å². The first-order chi connectivity index (χ1) is 12.8. The number of sulfonamides is 1. The second-order valence-corrected chi connectivity index (χ2v) is 8.50. The maximum atomic E-state index is 13.2. The maximum absolute atomic E-state index is 13.2. The quantitative estimate of drug-likeness (QED) is 0.761. The number of carbonyl (C=O) groups excluding carboxylic acids is 1. The van der Waals surface area contributed by atoms with E-state index in [4.69, 9.17) is 16.3 Å². The van der Waals surface area contributed by atoms with Crippen LogP contribution >= 0.6 is 11.6 Å². The fourth-order valence-electron chi connectivity index (χ4n) is 2.88. The van der Waals surface area contributed by atoms with E-state index < -0.39 is 34.0 Å². The maximum Gasteiger partial charge on any atom is 0.324 e. The average Bonchev–Trinajstić information content (AvgIpc) is 3.03. The molecule has 1 aliphatic heterocycles. The van der Waals surface area contributed by atoms with Gasteiger partial charge in [-0.3, -0.25) is 4.79 Å². The minimum absolute atomic E-state index is 0.0380. The standard InChI is InChI=1S/C18H17ClFNO5S/c19-13-4-6-16(7-5-13)27(24,25)21-10-15(22)9-17(21)18(23)26-11-12-2-1-3-14(20)8-12/h1-8,15,17,22H,9-11H2/t15-,17-/m0/s1. The van der Waals surface area contributed by atoms with Crippen LogP contribution in [-0.2, 0) is 26.2 Å². The molecule has 9 heteroatoms. The van der Waals surface area contributed by atoms with Crippen LogP contribution < -0.4 is 0 Å². The highest BCUT2D eigenvalue weighted by atomic mass is 35.5. The van der Waals surface area contributed by atoms with Crippen molar-refractivity contribution in [2.45, 2.75) is 30.1 Å². The number of aliphatic hydroxyl groups excluding tert-OH is 1. The molecule has 0 spiro atoms. The molecule has 1 aliphatic rings. The molecule has 0 radical (unpaired) electrons. The van der Waals surface area contributed by atoms with Crippen molar-refractivity contribution in [1.29, 1.82) is 0 Å². The Morgan fingerprint density at radius 1 is 1.26 bits per heavy atom. The van der Waals surface area contributed by atoms with E-state index in [1.165, 1.54) is 42.5 Å². The van der Waals surface area contributed by atoms with Gasteiger partial charge in [-0.15, -0.1) is 0 Å². The molecule has 2 aromatic rings. The summed E-state index contributed by atoms with van der Waals surface area (Å²) in [5.41, 5.74) is 0.439. The third-order valence-corrected chi connectivity index (χ3v) is 6.34. The first-order valence-electron chi connectivity index (χ1n) is 8.14. The summed E-state index contributed by atoms with van der Waals surface area (Å²) in [5, 5.41) is 10.3. The van der Waals surface area contributed by atoms with Crippen molar-refractivity contribution in [3.05, 3.63) is 64.9 Å². The SMILES string of the molecule is O=C(OCc1cccc(F)c1)[C@@H]1C[C@H](O)CN1S(=O)(=O)c1ccc(Cl)cc1. The first kappa shape index (κ1) is 19.8. The number of aliphatic hydroxyl groups is 1. The second-order valence-electron chi connectivity index (χ2n) is 6.17. The predicted octanol–water partition coefficient (Wildman–Crippen LogP) is 2.35. The molecule has 0 bridgehead atoms. The lowest BCUT2D eigenvalue weighted by Crippen LogP contribution is -2.41. The molecule has 2 aromatic carbocycles. The van der Waals surface area contributed by atoms with Crippen LogP contribution in [0.2, 0.25) is 5.02 Å². The van der Waals surface area contributed by atoms with Gasteiger partial charge in [0, 0.05) is 18.0 Å². The lowest BCUT2D eigenvalue weighted by atomic mass is 10.2. The number of benzene rings is 2. The zero-order chi connectivity index (χ0) is 19.6. The van der Waals surface area contributed by atoms with E-state index in [0.717, 1.165) is 4.31 Å². The van der Waals surface area contributed by atoms with E-state index in [9.17, 15) is 22.7 Å². The number of esters is 1. The normalized spacial score (nSPS) is 20.6. The summed E-state index contributed by atoms with van der Waals surface area (Å²) >= 11 is 5.79. The Morgan fingerprint density at radius 2 is 1.96 bits per heavy atom. The van der Waals surface area contributed by atoms with Crippen molar-refractivity contribution in [3.63, 3.8) is 0 Å². The lowest BCUT2D eigenvalue weighted by molar-refractivity contribution is -0.148. The third kappa shape index (κ3) is 4.47. The molecule has 3 rings (SSSR count). The van der Waals surface area contributed by atoms with Gasteiger partial charge in [0.2, 0.25) is 10.0 Å². The van der Waals surface area contributed by atoms with Gasteiger partial charge in [-0.2, -0.15) is 4.31 Å². The number of carbonyl (C=O) groups is 1. The fraction of sp³-hybridized carbons (Fsp3) is 0.278. The highest BCUT2D eigenvalue weighted by Crippen LogP contribution is 2.28. The summed E-state index contributed by atoms with van der Waals surface area (Å²) in [4.78, 5) is 12.4. The zero-order valence-corrected chi connectivity index (χ0v) is 15.7. The van der Waals surface area contributed by atoms with Crippen LogP contribution in [-0.4, -0.2) is 42.5 Å². The summed E-state index contributed by atoms with van der Waals surface area (Å²) in [7, 11) is -4.02. The topological polar surface area (TPSA) is 83.9 Å². The van der Waals surface area contributed by atoms with E-state index in [0.29, 0.717) is 10.6 Å². The van der Waals surface area contributed by atoms with Gasteiger partial charge in [-0.1, -0.05) is 23.7 Å². The van der Waals surface area contributed by atoms with Gasteiger partial charge in [0.25, 0.3) is 0 Å². The molecular weight excluding hydrogens is 397 g/mol. The van der Waals surface area contributed by atoms with Crippen molar-refractivity contribution < 1.29 is 27.4 Å². The van der Waals surface area contributed by atoms with Gasteiger partial charge in [0.15, 0.2) is 0 Å². The molecule has 0 saturated carbocycles. The minimum atomic E-state index is -4.02. The van der Waals surface area contributed by atoms with Crippen molar-refractivity contribution in [2.24, 2.45) is 0 Å². The van der Waals surface area contributed by atoms with E-state index in [1.54, 1.807) is 6.07 Å². The van der Waals surface area contributed by atoms with Crippen LogP contribution in [0.25, 0.3) is 0 Å². The van der Waals surface area contributed by atoms with Gasteiger partial charge in [0.05, 0.1) is 11.0 Å². The molecular formula is C18H17ClFNO5S. The highest BCUT2D eigenvalue weighted by Gasteiger charge is 2.44. The number of rotatable bonds is 5. The molecule has 27 heavy (non-hydrogen) atoms. The van der Waals surface area contributed by atoms with Crippen LogP contribution in [0.5, 0.6) is 0 Å². The summed E-state index contributed by atoms with van der Waals surface area (Å²) in [5.74, 6) is -1.26. The number of halogens is 2. The fourth-order valence-corrected chi connectivity index (χ4v) is 4.64. The monoisotopic (exact) mass is 413 g/mol. The minimum Gasteiger partial charge on any atom is -0.460 e. The first-order valence-corrected chi connectivity index (χ1v) is 9.96. The summed E-state index contributed by atoms with van der Waals surface area (Å²) in [6.45, 7) is -0.414. The molecule has 6 nitrogen and oxygen atoms in total. The van der Waals surface area contributed by atoms with Gasteiger partial charge in [0.1, 0.15) is 18.5 Å². The molecule has 2 atom stereocenters. The number of nitrogens with zero attached hydrogens (tertiary/aromatic N) is 1. The molecule has 0 aliphatic carbocycles. The van der Waals surface area contributed by atoms with Gasteiger partial charge in [-0.25, -0.2) is 12.8 Å². The number of hydrogen-bond donors (Lipinski definition) is 1. The molecule has 1 saturated heterocycles. The Morgan fingerprint density at radius 3 is 2.63 bits per heavy atom. The predicted molar refractivity (Wildman–Crippen MR) is 96.0 cm³/mol. The molecule has 1 heterocycles. The van der Waals surface area contributed by atoms with Crippen LogP contribution in [0.4, 0.5) is 4.39 Å². The van der Waals surface area contributed by atoms with Crippen LogP contribution in [0.3, 0.4) is 0 Å². The van der Waals surface area contributed by atoms with Crippen molar-refractivity contribution in [1.82, 2.24) is 4.31 Å². The summed E-state index contributed by atoms with van der Waals surface area (Å²) < 4.78 is 45.0. The van der Waals surface area contributed by atoms with E-state index in [-0.39, 0.29) is 24.5 Å². The Bertz CT molecular complexity index is 935. The Kier molecular flexibility index (Phi) is 5.81. The number of β-amino-alcohol motifs (C(OH)–C–C–N with tert-alkyl or cyclic N) is 1. The van der Waals surface area contributed by atoms with Crippen LogP contribution in [0.15, 0.2) is 53.4 Å². The average molecular weight is 414 g/mol. The molecule has 1 N–H and O–H groups in total. The van der Waals surface area contributed by atoms with E-state index in [2.05, 4.69) is 0 Å². The van der Waals surface area contributed by atoms with Crippen molar-refractivity contribution in [3.8, 4) is 0 Å². The lowest BCUT2D eigenvalue weighted by Gasteiger charge is -2.22. The number of hydrogen-bond acceptors (Lipinski definition) is 5. The Labute approximate surface area is 161 Å². The highest BCUT2D eigenvalue weighted by molar-refractivity contribution is 7.89. The summed E-state index contributed by atoms with van der Waals surface area (Å²) in [6.07, 6.45) is -1.06. The second kappa shape index (κ2) is 7.93. The van der Waals surface area contributed by atoms with Gasteiger partial charge < -0.3 is 9.84 Å².